The first kappa shape index (κ1) is 23.3. The summed E-state index contributed by atoms with van der Waals surface area (Å²) in [7, 11) is 1.96. The fourth-order valence-corrected chi connectivity index (χ4v) is 3.89. The average Bonchev–Trinajstić information content (AvgIpc) is 2.70. The van der Waals surface area contributed by atoms with Crippen LogP contribution in [0.1, 0.15) is 44.9 Å². The smallest absolute Gasteiger partial charge is 0.408 e. The van der Waals surface area contributed by atoms with Crippen molar-refractivity contribution in [3.05, 3.63) is 71.8 Å². The van der Waals surface area contributed by atoms with Crippen molar-refractivity contribution < 1.29 is 19.4 Å². The zero-order valence-corrected chi connectivity index (χ0v) is 19.0. The number of carbonyl (C=O) groups excluding carboxylic acids is 1. The van der Waals surface area contributed by atoms with Gasteiger partial charge in [0.15, 0.2) is 5.79 Å². The van der Waals surface area contributed by atoms with Crippen LogP contribution in [0.2, 0.25) is 0 Å². The second-order valence-corrected chi connectivity index (χ2v) is 9.34. The summed E-state index contributed by atoms with van der Waals surface area (Å²) in [4.78, 5) is 14.7. The van der Waals surface area contributed by atoms with Gasteiger partial charge in [-0.2, -0.15) is 0 Å². The Kier molecular flexibility index (Phi) is 7.04. The van der Waals surface area contributed by atoms with Crippen molar-refractivity contribution in [1.82, 2.24) is 10.2 Å². The number of likely N-dealkylation sites (N-methyl/N-ethyl adjacent to an activating group) is 1. The molecule has 0 saturated carbocycles. The monoisotopic (exact) mass is 426 g/mol. The van der Waals surface area contributed by atoms with Gasteiger partial charge in [-0.3, -0.25) is 4.90 Å². The zero-order valence-electron chi connectivity index (χ0n) is 19.0. The van der Waals surface area contributed by atoms with Gasteiger partial charge in [0.1, 0.15) is 11.7 Å². The Labute approximate surface area is 185 Å². The van der Waals surface area contributed by atoms with Gasteiger partial charge < -0.3 is 19.9 Å². The molecule has 1 amide bonds. The fraction of sp³-hybridized carbons (Fsp3) is 0.480. The lowest BCUT2D eigenvalue weighted by Crippen LogP contribution is -2.65. The molecule has 6 heteroatoms. The Balaban J connectivity index is 1.90. The topological polar surface area (TPSA) is 71.0 Å². The van der Waals surface area contributed by atoms with Crippen molar-refractivity contribution in [2.45, 2.75) is 63.7 Å². The second-order valence-electron chi connectivity index (χ2n) is 9.34. The van der Waals surface area contributed by atoms with Crippen LogP contribution in [0, 0.1) is 0 Å². The first-order valence-corrected chi connectivity index (χ1v) is 10.8. The number of morpholine rings is 1. The molecule has 1 fully saturated rings. The highest BCUT2D eigenvalue weighted by atomic mass is 16.6. The zero-order chi connectivity index (χ0) is 22.6. The summed E-state index contributed by atoms with van der Waals surface area (Å²) < 4.78 is 11.8. The first-order chi connectivity index (χ1) is 14.6. The minimum absolute atomic E-state index is 0.0570. The summed E-state index contributed by atoms with van der Waals surface area (Å²) in [6.45, 7) is 7.76. The van der Waals surface area contributed by atoms with Gasteiger partial charge in [0.2, 0.25) is 0 Å². The lowest BCUT2D eigenvalue weighted by molar-refractivity contribution is -0.293. The molecule has 0 aliphatic carbocycles. The van der Waals surface area contributed by atoms with Gasteiger partial charge in [0, 0.05) is 6.04 Å². The van der Waals surface area contributed by atoms with E-state index in [1.807, 2.05) is 88.5 Å². The molecule has 31 heavy (non-hydrogen) atoms. The maximum atomic E-state index is 12.6. The minimum Gasteiger partial charge on any atom is -0.444 e. The third kappa shape index (κ3) is 6.06. The molecule has 2 N–H and O–H groups in total. The molecule has 168 valence electrons. The highest BCUT2D eigenvalue weighted by Crippen LogP contribution is 2.36. The maximum Gasteiger partial charge on any atom is 0.408 e. The van der Waals surface area contributed by atoms with Crippen LogP contribution in [0.4, 0.5) is 4.79 Å². The molecule has 1 aliphatic rings. The van der Waals surface area contributed by atoms with E-state index in [0.29, 0.717) is 6.42 Å². The normalized spacial score (nSPS) is 25.6. The number of benzene rings is 2. The van der Waals surface area contributed by atoms with Gasteiger partial charge in [-0.05, 0) is 52.3 Å². The van der Waals surface area contributed by atoms with E-state index in [2.05, 4.69) is 17.1 Å². The number of rotatable bonds is 5. The Hall–Kier alpha value is -2.41. The van der Waals surface area contributed by atoms with Crippen molar-refractivity contribution in [3.63, 3.8) is 0 Å². The number of nitrogens with zero attached hydrogens (tertiary/aromatic N) is 1. The van der Waals surface area contributed by atoms with Gasteiger partial charge in [0.05, 0.1) is 12.6 Å². The van der Waals surface area contributed by atoms with Gasteiger partial charge in [0.25, 0.3) is 0 Å². The number of amides is 1. The average molecular weight is 427 g/mol. The quantitative estimate of drug-likeness (QED) is 0.759. The molecular formula is C25H34N2O4. The molecule has 2 aromatic rings. The molecule has 0 aromatic heterocycles. The molecular weight excluding hydrogens is 392 g/mol. The van der Waals surface area contributed by atoms with E-state index in [1.165, 1.54) is 0 Å². The van der Waals surface area contributed by atoms with Crippen molar-refractivity contribution in [3.8, 4) is 0 Å². The number of hydrogen-bond acceptors (Lipinski definition) is 5. The first-order valence-electron chi connectivity index (χ1n) is 10.8. The number of β-amino-alcohol motifs (C(OH)–C–C–N with tert-alkyl or cyclic N) is 1. The van der Waals surface area contributed by atoms with Crippen LogP contribution in [0.15, 0.2) is 60.7 Å². The molecule has 6 nitrogen and oxygen atoms in total. The van der Waals surface area contributed by atoms with Gasteiger partial charge in [-0.15, -0.1) is 0 Å². The van der Waals surface area contributed by atoms with Crippen LogP contribution in [0.25, 0.3) is 0 Å². The number of nitrogens with one attached hydrogen (secondary N) is 1. The minimum atomic E-state index is -1.60. The van der Waals surface area contributed by atoms with Crippen LogP contribution in [0.3, 0.4) is 0 Å². The summed E-state index contributed by atoms with van der Waals surface area (Å²) in [5, 5.41) is 14.6. The molecule has 0 radical (unpaired) electrons. The molecule has 3 rings (SSSR count). The molecule has 4 atom stereocenters. The number of aliphatic hydroxyl groups is 1. The van der Waals surface area contributed by atoms with Crippen molar-refractivity contribution in [2.75, 3.05) is 13.6 Å². The number of hydrogen-bond donors (Lipinski definition) is 2. The van der Waals surface area contributed by atoms with Crippen LogP contribution in [-0.4, -0.2) is 53.2 Å². The molecule has 1 unspecified atom stereocenters. The summed E-state index contributed by atoms with van der Waals surface area (Å²) in [5.74, 6) is -1.60. The highest BCUT2D eigenvalue weighted by molar-refractivity contribution is 5.68. The van der Waals surface area contributed by atoms with Crippen LogP contribution >= 0.6 is 0 Å². The molecule has 1 aliphatic heterocycles. The van der Waals surface area contributed by atoms with Crippen molar-refractivity contribution in [2.24, 2.45) is 0 Å². The highest BCUT2D eigenvalue weighted by Gasteiger charge is 2.48. The summed E-state index contributed by atoms with van der Waals surface area (Å²) in [5.41, 5.74) is 1.32. The second kappa shape index (κ2) is 9.39. The molecule has 1 saturated heterocycles. The Morgan fingerprint density at radius 3 is 2.35 bits per heavy atom. The van der Waals surface area contributed by atoms with E-state index in [4.69, 9.17) is 9.47 Å². The number of alkyl carbamates (subject to hydrolysis) is 1. The third-order valence-corrected chi connectivity index (χ3v) is 5.59. The summed E-state index contributed by atoms with van der Waals surface area (Å²) in [6, 6.07) is 19.0. The van der Waals surface area contributed by atoms with E-state index >= 15 is 0 Å². The SMILES string of the molecule is C[C@@H]1[C@H](c2ccccc2)OC(O)([C@H](Cc2ccccc2)NC(=O)OC(C)(C)C)CN1C. The van der Waals surface area contributed by atoms with Crippen molar-refractivity contribution >= 4 is 6.09 Å². The Bertz CT molecular complexity index is 853. The summed E-state index contributed by atoms with van der Waals surface area (Å²) in [6.07, 6.45) is -0.521. The van der Waals surface area contributed by atoms with E-state index in [9.17, 15) is 9.90 Å². The Morgan fingerprint density at radius 2 is 1.77 bits per heavy atom. The van der Waals surface area contributed by atoms with E-state index in [1.54, 1.807) is 0 Å². The lowest BCUT2D eigenvalue weighted by atomic mass is 9.92. The fourth-order valence-electron chi connectivity index (χ4n) is 3.89. The van der Waals surface area contributed by atoms with E-state index in [0.717, 1.165) is 11.1 Å². The third-order valence-electron chi connectivity index (χ3n) is 5.59. The van der Waals surface area contributed by atoms with Crippen LogP contribution in [-0.2, 0) is 15.9 Å². The number of carbonyl (C=O) groups is 1. The number of ether oxygens (including phenoxy) is 2. The molecule has 2 aromatic carbocycles. The molecule has 1 heterocycles. The Morgan fingerprint density at radius 1 is 1.19 bits per heavy atom. The van der Waals surface area contributed by atoms with Crippen LogP contribution < -0.4 is 5.32 Å². The molecule has 0 bridgehead atoms. The summed E-state index contributed by atoms with van der Waals surface area (Å²) >= 11 is 0. The van der Waals surface area contributed by atoms with E-state index < -0.39 is 23.5 Å². The van der Waals surface area contributed by atoms with Gasteiger partial charge in [-0.25, -0.2) is 4.79 Å². The largest absolute Gasteiger partial charge is 0.444 e. The molecule has 0 spiro atoms. The van der Waals surface area contributed by atoms with Gasteiger partial charge >= 0.3 is 6.09 Å². The predicted molar refractivity (Wildman–Crippen MR) is 121 cm³/mol. The standard InChI is InChI=1S/C25H34N2O4/c1-18-22(20-14-10-7-11-15-20)30-25(29,17-27(18)5)21(16-19-12-8-6-9-13-19)26-23(28)31-24(2,3)4/h6-15,18,21-22,29H,16-17H2,1-5H3,(H,26,28)/t18-,21+,22-,25?/m1/s1. The van der Waals surface area contributed by atoms with E-state index in [-0.39, 0.29) is 18.7 Å². The lowest BCUT2D eigenvalue weighted by Gasteiger charge is -2.49. The maximum absolute atomic E-state index is 12.6. The van der Waals surface area contributed by atoms with Gasteiger partial charge in [-0.1, -0.05) is 60.7 Å². The van der Waals surface area contributed by atoms with Crippen LogP contribution in [0.5, 0.6) is 0 Å². The van der Waals surface area contributed by atoms with Crippen molar-refractivity contribution in [1.29, 1.82) is 0 Å². The predicted octanol–water partition coefficient (Wildman–Crippen LogP) is 3.90.